The van der Waals surface area contributed by atoms with Crippen LogP contribution in [0.2, 0.25) is 0 Å². The number of ketones is 1. The Bertz CT molecular complexity index is 238. The second kappa shape index (κ2) is 5.31. The molecule has 2 heteroatoms. The first-order valence-corrected chi connectivity index (χ1v) is 7.06. The Morgan fingerprint density at radius 3 is 2.81 bits per heavy atom. The molecule has 2 atom stereocenters. The second-order valence-electron chi connectivity index (χ2n) is 5.55. The van der Waals surface area contributed by atoms with Crippen molar-refractivity contribution in [3.63, 3.8) is 0 Å². The minimum absolute atomic E-state index is 0.197. The molecule has 0 aromatic rings. The highest BCUT2D eigenvalue weighted by atomic mass is 16.1. The number of piperidine rings is 1. The molecule has 1 heterocycles. The summed E-state index contributed by atoms with van der Waals surface area (Å²) in [5, 5.41) is 3.70. The summed E-state index contributed by atoms with van der Waals surface area (Å²) in [6.45, 7) is 3.34. The lowest BCUT2D eigenvalue weighted by Gasteiger charge is -2.47. The van der Waals surface area contributed by atoms with Crippen LogP contribution in [-0.2, 0) is 4.79 Å². The molecule has 1 saturated heterocycles. The molecule has 2 aliphatic rings. The maximum Gasteiger partial charge on any atom is 0.137 e. The van der Waals surface area contributed by atoms with Crippen molar-refractivity contribution in [3.8, 4) is 0 Å². The highest BCUT2D eigenvalue weighted by Crippen LogP contribution is 2.39. The van der Waals surface area contributed by atoms with Crippen LogP contribution in [0.3, 0.4) is 0 Å². The SMILES string of the molecule is CCCC[C@@H]1C(=O)CCC[C@]12CCCCN2. The highest BCUT2D eigenvalue weighted by molar-refractivity contribution is 5.83. The lowest BCUT2D eigenvalue weighted by molar-refractivity contribution is -0.129. The molecule has 1 spiro atoms. The molecule has 92 valence electrons. The van der Waals surface area contributed by atoms with Crippen molar-refractivity contribution in [1.29, 1.82) is 0 Å². The van der Waals surface area contributed by atoms with Gasteiger partial charge in [0.2, 0.25) is 0 Å². The Kier molecular flexibility index (Phi) is 4.01. The van der Waals surface area contributed by atoms with E-state index in [-0.39, 0.29) is 5.54 Å². The monoisotopic (exact) mass is 223 g/mol. The number of hydrogen-bond acceptors (Lipinski definition) is 2. The summed E-state index contributed by atoms with van der Waals surface area (Å²) in [4.78, 5) is 12.1. The van der Waals surface area contributed by atoms with Gasteiger partial charge in [-0.15, -0.1) is 0 Å². The predicted octanol–water partition coefficient (Wildman–Crippen LogP) is 3.06. The number of hydrogen-bond donors (Lipinski definition) is 1. The average molecular weight is 223 g/mol. The zero-order valence-corrected chi connectivity index (χ0v) is 10.6. The lowest BCUT2D eigenvalue weighted by atomic mass is 9.66. The van der Waals surface area contributed by atoms with E-state index in [1.54, 1.807) is 0 Å². The summed E-state index contributed by atoms with van der Waals surface area (Å²) in [5.74, 6) is 0.857. The average Bonchev–Trinajstić information content (AvgIpc) is 2.30. The molecule has 0 radical (unpaired) electrons. The summed E-state index contributed by atoms with van der Waals surface area (Å²) >= 11 is 0. The molecule has 1 saturated carbocycles. The van der Waals surface area contributed by atoms with E-state index in [4.69, 9.17) is 0 Å². The molecule has 2 nitrogen and oxygen atoms in total. The number of Topliss-reactive ketones (excluding diaryl/α,β-unsaturated/α-hetero) is 1. The summed E-state index contributed by atoms with van der Waals surface area (Å²) in [7, 11) is 0. The van der Waals surface area contributed by atoms with Gasteiger partial charge < -0.3 is 5.32 Å². The zero-order chi connectivity index (χ0) is 11.4. The van der Waals surface area contributed by atoms with Crippen LogP contribution in [0.4, 0.5) is 0 Å². The van der Waals surface area contributed by atoms with E-state index in [0.717, 1.165) is 25.8 Å². The van der Waals surface area contributed by atoms with Crippen molar-refractivity contribution in [3.05, 3.63) is 0 Å². The normalized spacial score (nSPS) is 35.6. The van der Waals surface area contributed by atoms with Gasteiger partial charge in [-0.2, -0.15) is 0 Å². The lowest BCUT2D eigenvalue weighted by Crippen LogP contribution is -2.58. The molecule has 1 aliphatic carbocycles. The Labute approximate surface area is 99.2 Å². The van der Waals surface area contributed by atoms with Crippen LogP contribution < -0.4 is 5.32 Å². The molecule has 0 unspecified atom stereocenters. The minimum atomic E-state index is 0.197. The van der Waals surface area contributed by atoms with Crippen LogP contribution in [0.5, 0.6) is 0 Å². The van der Waals surface area contributed by atoms with Crippen molar-refractivity contribution in [1.82, 2.24) is 5.32 Å². The van der Waals surface area contributed by atoms with Crippen molar-refractivity contribution < 1.29 is 4.79 Å². The van der Waals surface area contributed by atoms with Gasteiger partial charge in [0.1, 0.15) is 5.78 Å². The van der Waals surface area contributed by atoms with Crippen LogP contribution in [0.25, 0.3) is 0 Å². The first kappa shape index (κ1) is 12.1. The van der Waals surface area contributed by atoms with Gasteiger partial charge in [-0.3, -0.25) is 4.79 Å². The summed E-state index contributed by atoms with van der Waals surface area (Å²) in [6.07, 6.45) is 10.5. The third-order valence-electron chi connectivity index (χ3n) is 4.47. The molecule has 2 fully saturated rings. The van der Waals surface area contributed by atoms with Crippen LogP contribution in [0.1, 0.15) is 64.7 Å². The molecule has 0 bridgehead atoms. The molecule has 1 aliphatic heterocycles. The smallest absolute Gasteiger partial charge is 0.137 e. The molecular weight excluding hydrogens is 198 g/mol. The first-order chi connectivity index (χ1) is 7.78. The van der Waals surface area contributed by atoms with E-state index in [1.807, 2.05) is 0 Å². The van der Waals surface area contributed by atoms with E-state index >= 15 is 0 Å². The van der Waals surface area contributed by atoms with Gasteiger partial charge >= 0.3 is 0 Å². The van der Waals surface area contributed by atoms with E-state index < -0.39 is 0 Å². The van der Waals surface area contributed by atoms with Gasteiger partial charge in [0.15, 0.2) is 0 Å². The van der Waals surface area contributed by atoms with E-state index in [9.17, 15) is 4.79 Å². The number of carbonyl (C=O) groups excluding carboxylic acids is 1. The number of rotatable bonds is 3. The highest BCUT2D eigenvalue weighted by Gasteiger charge is 2.44. The summed E-state index contributed by atoms with van der Waals surface area (Å²) in [6, 6.07) is 0. The van der Waals surface area contributed by atoms with E-state index in [1.165, 1.54) is 38.5 Å². The van der Waals surface area contributed by atoms with Crippen LogP contribution in [0, 0.1) is 5.92 Å². The maximum absolute atomic E-state index is 12.1. The zero-order valence-electron chi connectivity index (χ0n) is 10.6. The molecule has 2 rings (SSSR count). The quantitative estimate of drug-likeness (QED) is 0.796. The van der Waals surface area contributed by atoms with Gasteiger partial charge in [-0.25, -0.2) is 0 Å². The van der Waals surface area contributed by atoms with Crippen molar-refractivity contribution in [2.75, 3.05) is 6.54 Å². The standard InChI is InChI=1S/C14H25NO/c1-2-3-7-12-13(16)8-6-10-14(12)9-4-5-11-15-14/h12,15H,2-11H2,1H3/t12-,14-/m1/s1. The molecule has 0 aromatic carbocycles. The third kappa shape index (κ3) is 2.32. The molecule has 0 aromatic heterocycles. The topological polar surface area (TPSA) is 29.1 Å². The number of nitrogens with one attached hydrogen (secondary N) is 1. The van der Waals surface area contributed by atoms with Crippen molar-refractivity contribution in [2.45, 2.75) is 70.3 Å². The largest absolute Gasteiger partial charge is 0.311 e. The third-order valence-corrected chi connectivity index (χ3v) is 4.47. The van der Waals surface area contributed by atoms with Gasteiger partial charge in [0.05, 0.1) is 0 Å². The molecular formula is C14H25NO. The van der Waals surface area contributed by atoms with Crippen LogP contribution in [0.15, 0.2) is 0 Å². The predicted molar refractivity (Wildman–Crippen MR) is 66.5 cm³/mol. The van der Waals surface area contributed by atoms with Gasteiger partial charge in [0.25, 0.3) is 0 Å². The second-order valence-corrected chi connectivity index (χ2v) is 5.55. The number of carbonyl (C=O) groups is 1. The van der Waals surface area contributed by atoms with Gasteiger partial charge in [0, 0.05) is 17.9 Å². The Morgan fingerprint density at radius 2 is 2.12 bits per heavy atom. The van der Waals surface area contributed by atoms with Crippen molar-refractivity contribution in [2.24, 2.45) is 5.92 Å². The number of unbranched alkanes of at least 4 members (excludes halogenated alkanes) is 1. The van der Waals surface area contributed by atoms with Gasteiger partial charge in [-0.05, 0) is 38.6 Å². The molecule has 0 amide bonds. The van der Waals surface area contributed by atoms with E-state index in [0.29, 0.717) is 11.7 Å². The molecule has 1 N–H and O–H groups in total. The summed E-state index contributed by atoms with van der Waals surface area (Å²) < 4.78 is 0. The van der Waals surface area contributed by atoms with E-state index in [2.05, 4.69) is 12.2 Å². The fraction of sp³-hybridized carbons (Fsp3) is 0.929. The first-order valence-electron chi connectivity index (χ1n) is 7.06. The molecule has 16 heavy (non-hydrogen) atoms. The minimum Gasteiger partial charge on any atom is -0.311 e. The van der Waals surface area contributed by atoms with Gasteiger partial charge in [-0.1, -0.05) is 26.2 Å². The Hall–Kier alpha value is -0.370. The Morgan fingerprint density at radius 1 is 1.31 bits per heavy atom. The Balaban J connectivity index is 2.08. The summed E-state index contributed by atoms with van der Waals surface area (Å²) in [5.41, 5.74) is 0.197. The van der Waals surface area contributed by atoms with Crippen molar-refractivity contribution >= 4 is 5.78 Å². The van der Waals surface area contributed by atoms with Crippen LogP contribution in [-0.4, -0.2) is 17.9 Å². The fourth-order valence-electron chi connectivity index (χ4n) is 3.58. The van der Waals surface area contributed by atoms with Crippen LogP contribution >= 0.6 is 0 Å². The maximum atomic E-state index is 12.1. The fourth-order valence-corrected chi connectivity index (χ4v) is 3.58.